The third-order valence-electron chi connectivity index (χ3n) is 1.71. The van der Waals surface area contributed by atoms with Crippen molar-refractivity contribution in [1.82, 2.24) is 4.98 Å². The van der Waals surface area contributed by atoms with E-state index in [1.165, 1.54) is 0 Å². The van der Waals surface area contributed by atoms with Gasteiger partial charge in [0, 0.05) is 11.5 Å². The topological polar surface area (TPSA) is 22.1 Å². The van der Waals surface area contributed by atoms with Crippen LogP contribution in [0.3, 0.4) is 0 Å². The van der Waals surface area contributed by atoms with Gasteiger partial charge in [-0.3, -0.25) is 0 Å². The third-order valence-corrected chi connectivity index (χ3v) is 1.71. The lowest BCUT2D eigenvalue weighted by Crippen LogP contribution is -2.17. The van der Waals surface area contributed by atoms with Crippen LogP contribution in [0.1, 0.15) is 0 Å². The number of nitrogens with zero attached hydrogens (tertiary/aromatic N) is 1. The Labute approximate surface area is 83.3 Å². The lowest BCUT2D eigenvalue weighted by atomic mass is 10.2. The molecule has 0 aliphatic carbocycles. The third kappa shape index (κ3) is 2.37. The molecule has 0 unspecified atom stereocenters. The van der Waals surface area contributed by atoms with Crippen LogP contribution in [0.4, 0.5) is 13.2 Å². The minimum Gasteiger partial charge on any atom is -0.388 e. The van der Waals surface area contributed by atoms with Gasteiger partial charge < -0.3 is 4.74 Å². The average Bonchev–Trinajstić information content (AvgIpc) is 2.15. The highest BCUT2D eigenvalue weighted by Crippen LogP contribution is 2.22. The zero-order valence-electron chi connectivity index (χ0n) is 7.38. The molecule has 0 amide bonds. The van der Waals surface area contributed by atoms with Crippen molar-refractivity contribution in [3.8, 4) is 5.88 Å². The van der Waals surface area contributed by atoms with Crippen molar-refractivity contribution in [2.75, 3.05) is 0 Å². The van der Waals surface area contributed by atoms with Gasteiger partial charge in [0.25, 0.3) is 0 Å². The van der Waals surface area contributed by atoms with Crippen molar-refractivity contribution in [3.05, 3.63) is 36.4 Å². The number of benzene rings is 1. The number of hydrogen-bond acceptors (Lipinski definition) is 2. The van der Waals surface area contributed by atoms with E-state index in [0.717, 1.165) is 6.07 Å². The zero-order chi connectivity index (χ0) is 10.9. The van der Waals surface area contributed by atoms with Gasteiger partial charge in [0.05, 0.1) is 5.52 Å². The standard InChI is InChI=1S/C10H5F3NO/c11-10(12,13)15-9-6-5-7-3-1-2-4-8(7)14-9/h1-4,6H. The first kappa shape index (κ1) is 9.76. The molecule has 77 valence electrons. The molecule has 0 bridgehead atoms. The van der Waals surface area contributed by atoms with Gasteiger partial charge in [0.2, 0.25) is 5.88 Å². The van der Waals surface area contributed by atoms with E-state index in [2.05, 4.69) is 15.8 Å². The highest BCUT2D eigenvalue weighted by atomic mass is 19.4. The molecule has 0 saturated carbocycles. The van der Waals surface area contributed by atoms with Crippen molar-refractivity contribution in [2.24, 2.45) is 0 Å². The molecule has 5 heteroatoms. The molecule has 1 aromatic carbocycles. The van der Waals surface area contributed by atoms with E-state index in [1.54, 1.807) is 24.3 Å². The van der Waals surface area contributed by atoms with Crippen molar-refractivity contribution >= 4 is 10.9 Å². The van der Waals surface area contributed by atoms with E-state index in [-0.39, 0.29) is 0 Å². The SMILES string of the molecule is FC(F)(F)Oc1c[c]c2ccccc2n1. The largest absolute Gasteiger partial charge is 0.574 e. The van der Waals surface area contributed by atoms with Crippen LogP contribution in [-0.2, 0) is 0 Å². The zero-order valence-corrected chi connectivity index (χ0v) is 7.38. The van der Waals surface area contributed by atoms with Crippen LogP contribution < -0.4 is 4.74 Å². The van der Waals surface area contributed by atoms with Crippen molar-refractivity contribution in [2.45, 2.75) is 6.36 Å². The number of pyridine rings is 1. The number of alkyl halides is 3. The first-order chi connectivity index (χ1) is 7.04. The number of rotatable bonds is 1. The quantitative estimate of drug-likeness (QED) is 0.725. The first-order valence-corrected chi connectivity index (χ1v) is 4.08. The maximum absolute atomic E-state index is 11.9. The maximum Gasteiger partial charge on any atom is 0.574 e. The first-order valence-electron chi connectivity index (χ1n) is 4.08. The van der Waals surface area contributed by atoms with Crippen LogP contribution in [-0.4, -0.2) is 11.3 Å². The molecule has 1 heterocycles. The Balaban J connectivity index is 2.39. The molecule has 1 radical (unpaired) electrons. The van der Waals surface area contributed by atoms with Crippen molar-refractivity contribution in [1.29, 1.82) is 0 Å². The maximum atomic E-state index is 11.9. The molecular weight excluding hydrogens is 207 g/mol. The minimum atomic E-state index is -4.72. The minimum absolute atomic E-state index is 0.416. The smallest absolute Gasteiger partial charge is 0.388 e. The van der Waals surface area contributed by atoms with Crippen molar-refractivity contribution < 1.29 is 17.9 Å². The summed E-state index contributed by atoms with van der Waals surface area (Å²) in [5, 5.41) is 0.645. The van der Waals surface area contributed by atoms with E-state index in [4.69, 9.17) is 0 Å². The van der Waals surface area contributed by atoms with Gasteiger partial charge in [0.1, 0.15) is 0 Å². The van der Waals surface area contributed by atoms with E-state index >= 15 is 0 Å². The lowest BCUT2D eigenvalue weighted by molar-refractivity contribution is -0.276. The molecular formula is C10H5F3NO. The Morgan fingerprint density at radius 1 is 1.20 bits per heavy atom. The summed E-state index contributed by atoms with van der Waals surface area (Å²) in [6.45, 7) is 0. The van der Waals surface area contributed by atoms with Crippen LogP contribution in [0.15, 0.2) is 30.3 Å². The lowest BCUT2D eigenvalue weighted by Gasteiger charge is -2.07. The Morgan fingerprint density at radius 3 is 2.67 bits per heavy atom. The van der Waals surface area contributed by atoms with Gasteiger partial charge in [-0.1, -0.05) is 18.2 Å². The van der Waals surface area contributed by atoms with Gasteiger partial charge in [0.15, 0.2) is 0 Å². The highest BCUT2D eigenvalue weighted by Gasteiger charge is 2.31. The molecule has 0 aliphatic heterocycles. The fourth-order valence-corrected chi connectivity index (χ4v) is 1.15. The molecule has 0 saturated heterocycles. The van der Waals surface area contributed by atoms with Gasteiger partial charge in [-0.15, -0.1) is 13.2 Å². The molecule has 15 heavy (non-hydrogen) atoms. The van der Waals surface area contributed by atoms with Crippen LogP contribution in [0.2, 0.25) is 0 Å². The van der Waals surface area contributed by atoms with Crippen LogP contribution in [0.25, 0.3) is 10.9 Å². The van der Waals surface area contributed by atoms with Crippen LogP contribution >= 0.6 is 0 Å². The molecule has 0 aliphatic rings. The summed E-state index contributed by atoms with van der Waals surface area (Å²) in [5.41, 5.74) is 0.416. The summed E-state index contributed by atoms with van der Waals surface area (Å²) in [6, 6.07) is 10.5. The Hall–Kier alpha value is -1.78. The molecule has 0 fully saturated rings. The van der Waals surface area contributed by atoms with Gasteiger partial charge in [-0.05, 0) is 12.1 Å². The molecule has 1 aromatic heterocycles. The number of aromatic nitrogens is 1. The molecule has 2 nitrogen and oxygen atoms in total. The summed E-state index contributed by atoms with van der Waals surface area (Å²) in [6.07, 6.45) is -4.72. The molecule has 2 rings (SSSR count). The number of ether oxygens (including phenoxy) is 1. The predicted octanol–water partition coefficient (Wildman–Crippen LogP) is 2.93. The van der Waals surface area contributed by atoms with Gasteiger partial charge in [-0.25, -0.2) is 4.98 Å². The summed E-state index contributed by atoms with van der Waals surface area (Å²) in [5.74, 6) is -0.499. The Morgan fingerprint density at radius 2 is 1.93 bits per heavy atom. The Kier molecular flexibility index (Phi) is 2.22. The van der Waals surface area contributed by atoms with Gasteiger partial charge >= 0.3 is 6.36 Å². The van der Waals surface area contributed by atoms with Crippen molar-refractivity contribution in [3.63, 3.8) is 0 Å². The second-order valence-corrected chi connectivity index (χ2v) is 2.80. The summed E-state index contributed by atoms with van der Waals surface area (Å²) in [4.78, 5) is 3.69. The van der Waals surface area contributed by atoms with Crippen LogP contribution in [0, 0.1) is 6.07 Å². The fraction of sp³-hybridized carbons (Fsp3) is 0.100. The normalized spacial score (nSPS) is 11.7. The second-order valence-electron chi connectivity index (χ2n) is 2.80. The van der Waals surface area contributed by atoms with Crippen LogP contribution in [0.5, 0.6) is 5.88 Å². The molecule has 0 spiro atoms. The van der Waals surface area contributed by atoms with Gasteiger partial charge in [-0.2, -0.15) is 0 Å². The molecule has 0 atom stereocenters. The summed E-state index contributed by atoms with van der Waals surface area (Å²) < 4.78 is 39.3. The van der Waals surface area contributed by atoms with E-state index < -0.39 is 12.2 Å². The highest BCUT2D eigenvalue weighted by molar-refractivity contribution is 5.78. The molecule has 0 N–H and O–H groups in total. The van der Waals surface area contributed by atoms with E-state index in [9.17, 15) is 13.2 Å². The number of para-hydroxylation sites is 1. The predicted molar refractivity (Wildman–Crippen MR) is 47.3 cm³/mol. The van der Waals surface area contributed by atoms with E-state index in [0.29, 0.717) is 10.9 Å². The Bertz CT molecular complexity index is 481. The summed E-state index contributed by atoms with van der Waals surface area (Å²) >= 11 is 0. The van der Waals surface area contributed by atoms with E-state index in [1.807, 2.05) is 0 Å². The summed E-state index contributed by atoms with van der Waals surface area (Å²) in [7, 11) is 0. The second kappa shape index (κ2) is 3.42. The number of halogens is 3. The monoisotopic (exact) mass is 212 g/mol. The number of hydrogen-bond donors (Lipinski definition) is 0. The number of fused-ring (bicyclic) bond motifs is 1. The average molecular weight is 212 g/mol. The fourth-order valence-electron chi connectivity index (χ4n) is 1.15. The molecule has 2 aromatic rings.